The maximum Gasteiger partial charge on any atom is 0.166 e. The van der Waals surface area contributed by atoms with Crippen LogP contribution in [0, 0.1) is 0 Å². The third kappa shape index (κ3) is 1.87. The SMILES string of the molecule is O=Cc1ccc(Cc2cccs2)[nH]1. The molecule has 2 aromatic rings. The third-order valence-electron chi connectivity index (χ3n) is 1.84. The summed E-state index contributed by atoms with van der Waals surface area (Å²) in [6, 6.07) is 7.87. The molecule has 0 spiro atoms. The molecule has 0 atom stereocenters. The molecule has 0 saturated carbocycles. The van der Waals surface area contributed by atoms with Crippen molar-refractivity contribution in [2.24, 2.45) is 0 Å². The van der Waals surface area contributed by atoms with E-state index in [2.05, 4.69) is 16.4 Å². The Morgan fingerprint density at radius 3 is 2.92 bits per heavy atom. The summed E-state index contributed by atoms with van der Waals surface area (Å²) in [6.07, 6.45) is 1.71. The second kappa shape index (κ2) is 3.58. The molecule has 0 aromatic carbocycles. The molecule has 2 rings (SSSR count). The van der Waals surface area contributed by atoms with Crippen LogP contribution in [0.1, 0.15) is 21.1 Å². The first-order valence-electron chi connectivity index (χ1n) is 4.04. The van der Waals surface area contributed by atoms with Crippen LogP contribution in [0.5, 0.6) is 0 Å². The highest BCUT2D eigenvalue weighted by Gasteiger charge is 1.99. The summed E-state index contributed by atoms with van der Waals surface area (Å²) in [6.45, 7) is 0. The van der Waals surface area contributed by atoms with Gasteiger partial charge >= 0.3 is 0 Å². The quantitative estimate of drug-likeness (QED) is 0.743. The van der Waals surface area contributed by atoms with Gasteiger partial charge in [-0.15, -0.1) is 11.3 Å². The summed E-state index contributed by atoms with van der Waals surface area (Å²) in [5.74, 6) is 0. The standard InChI is InChI=1S/C10H9NOS/c12-7-9-4-3-8(11-9)6-10-2-1-5-13-10/h1-5,7,11H,6H2. The minimum Gasteiger partial charge on any atom is -0.356 e. The second-order valence-corrected chi connectivity index (χ2v) is 3.85. The van der Waals surface area contributed by atoms with Gasteiger partial charge in [0.2, 0.25) is 0 Å². The molecule has 13 heavy (non-hydrogen) atoms. The van der Waals surface area contributed by atoms with Crippen molar-refractivity contribution in [1.82, 2.24) is 4.98 Å². The number of H-pyrrole nitrogens is 1. The van der Waals surface area contributed by atoms with Gasteiger partial charge in [0, 0.05) is 17.0 Å². The van der Waals surface area contributed by atoms with E-state index in [-0.39, 0.29) is 0 Å². The zero-order chi connectivity index (χ0) is 9.10. The Labute approximate surface area is 80.2 Å². The first kappa shape index (κ1) is 8.26. The maximum absolute atomic E-state index is 10.4. The van der Waals surface area contributed by atoms with Gasteiger partial charge in [-0.05, 0) is 23.6 Å². The number of aromatic amines is 1. The number of nitrogens with one attached hydrogen (secondary N) is 1. The summed E-state index contributed by atoms with van der Waals surface area (Å²) < 4.78 is 0. The predicted molar refractivity (Wildman–Crippen MR) is 53.3 cm³/mol. The molecule has 0 aliphatic rings. The van der Waals surface area contributed by atoms with Gasteiger partial charge in [-0.1, -0.05) is 6.07 Å². The molecule has 2 heterocycles. The molecule has 0 unspecified atom stereocenters. The van der Waals surface area contributed by atoms with E-state index in [4.69, 9.17) is 0 Å². The van der Waals surface area contributed by atoms with E-state index < -0.39 is 0 Å². The molecular weight excluding hydrogens is 182 g/mol. The highest BCUT2D eigenvalue weighted by Crippen LogP contribution is 2.13. The number of hydrogen-bond acceptors (Lipinski definition) is 2. The van der Waals surface area contributed by atoms with Crippen LogP contribution in [0.15, 0.2) is 29.6 Å². The minimum atomic E-state index is 0.645. The molecule has 0 aliphatic carbocycles. The number of carbonyl (C=O) groups excluding carboxylic acids is 1. The molecule has 0 aliphatic heterocycles. The summed E-state index contributed by atoms with van der Waals surface area (Å²) in [5.41, 5.74) is 1.73. The maximum atomic E-state index is 10.4. The third-order valence-corrected chi connectivity index (χ3v) is 2.72. The van der Waals surface area contributed by atoms with Crippen molar-refractivity contribution in [2.75, 3.05) is 0 Å². The molecule has 3 heteroatoms. The highest BCUT2D eigenvalue weighted by molar-refractivity contribution is 7.09. The smallest absolute Gasteiger partial charge is 0.166 e. The Hall–Kier alpha value is -1.35. The van der Waals surface area contributed by atoms with Gasteiger partial charge in [0.15, 0.2) is 6.29 Å². The number of thiophene rings is 1. The van der Waals surface area contributed by atoms with Crippen LogP contribution in [0.2, 0.25) is 0 Å². The van der Waals surface area contributed by atoms with E-state index in [1.165, 1.54) is 4.88 Å². The van der Waals surface area contributed by atoms with Crippen molar-refractivity contribution >= 4 is 17.6 Å². The van der Waals surface area contributed by atoms with E-state index in [0.717, 1.165) is 18.4 Å². The van der Waals surface area contributed by atoms with Crippen LogP contribution in [-0.2, 0) is 6.42 Å². The lowest BCUT2D eigenvalue weighted by atomic mass is 10.3. The lowest BCUT2D eigenvalue weighted by Gasteiger charge is -1.92. The molecule has 0 radical (unpaired) electrons. The van der Waals surface area contributed by atoms with E-state index in [9.17, 15) is 4.79 Å². The monoisotopic (exact) mass is 191 g/mol. The van der Waals surface area contributed by atoms with Crippen LogP contribution >= 0.6 is 11.3 Å². The second-order valence-electron chi connectivity index (χ2n) is 2.81. The molecule has 0 amide bonds. The topological polar surface area (TPSA) is 32.9 Å². The lowest BCUT2D eigenvalue weighted by Crippen LogP contribution is -1.85. The number of rotatable bonds is 3. The number of carbonyl (C=O) groups is 1. The Morgan fingerprint density at radius 1 is 1.38 bits per heavy atom. The Balaban J connectivity index is 2.14. The van der Waals surface area contributed by atoms with E-state index in [0.29, 0.717) is 5.69 Å². The number of aromatic nitrogens is 1. The predicted octanol–water partition coefficient (Wildman–Crippen LogP) is 2.48. The molecule has 0 fully saturated rings. The Kier molecular flexibility index (Phi) is 2.27. The molecular formula is C10H9NOS. The minimum absolute atomic E-state index is 0.645. The molecule has 2 aromatic heterocycles. The molecule has 0 bridgehead atoms. The summed E-state index contributed by atoms with van der Waals surface area (Å²) >= 11 is 1.73. The van der Waals surface area contributed by atoms with Crippen molar-refractivity contribution in [3.63, 3.8) is 0 Å². The number of hydrogen-bond donors (Lipinski definition) is 1. The molecule has 66 valence electrons. The van der Waals surface area contributed by atoms with Crippen LogP contribution in [0.4, 0.5) is 0 Å². The summed E-state index contributed by atoms with van der Waals surface area (Å²) in [5, 5.41) is 2.05. The van der Waals surface area contributed by atoms with Crippen molar-refractivity contribution in [3.05, 3.63) is 45.9 Å². The van der Waals surface area contributed by atoms with Crippen LogP contribution in [-0.4, -0.2) is 11.3 Å². The van der Waals surface area contributed by atoms with E-state index >= 15 is 0 Å². The average molecular weight is 191 g/mol. The normalized spacial score (nSPS) is 10.2. The van der Waals surface area contributed by atoms with Crippen LogP contribution in [0.25, 0.3) is 0 Å². The van der Waals surface area contributed by atoms with E-state index in [1.807, 2.05) is 12.1 Å². The lowest BCUT2D eigenvalue weighted by molar-refractivity contribution is 0.111. The zero-order valence-electron chi connectivity index (χ0n) is 6.99. The van der Waals surface area contributed by atoms with Gasteiger partial charge in [-0.3, -0.25) is 4.79 Å². The van der Waals surface area contributed by atoms with Crippen molar-refractivity contribution in [3.8, 4) is 0 Å². The van der Waals surface area contributed by atoms with Crippen molar-refractivity contribution in [1.29, 1.82) is 0 Å². The molecule has 2 nitrogen and oxygen atoms in total. The van der Waals surface area contributed by atoms with Gasteiger partial charge in [-0.25, -0.2) is 0 Å². The molecule has 1 N–H and O–H groups in total. The zero-order valence-corrected chi connectivity index (χ0v) is 7.80. The summed E-state index contributed by atoms with van der Waals surface area (Å²) in [4.78, 5) is 14.7. The first-order chi connectivity index (χ1) is 6.38. The summed E-state index contributed by atoms with van der Waals surface area (Å²) in [7, 11) is 0. The fourth-order valence-corrected chi connectivity index (χ4v) is 1.96. The van der Waals surface area contributed by atoms with Gasteiger partial charge in [-0.2, -0.15) is 0 Å². The Morgan fingerprint density at radius 2 is 2.31 bits per heavy atom. The van der Waals surface area contributed by atoms with Crippen molar-refractivity contribution < 1.29 is 4.79 Å². The van der Waals surface area contributed by atoms with Gasteiger partial charge in [0.05, 0.1) is 5.69 Å². The highest BCUT2D eigenvalue weighted by atomic mass is 32.1. The van der Waals surface area contributed by atoms with E-state index in [1.54, 1.807) is 17.4 Å². The first-order valence-corrected chi connectivity index (χ1v) is 4.92. The molecule has 0 saturated heterocycles. The van der Waals surface area contributed by atoms with Gasteiger partial charge in [0.1, 0.15) is 0 Å². The Bertz CT molecular complexity index is 389. The number of aldehydes is 1. The van der Waals surface area contributed by atoms with Gasteiger partial charge in [0.25, 0.3) is 0 Å². The fourth-order valence-electron chi connectivity index (χ4n) is 1.23. The largest absolute Gasteiger partial charge is 0.356 e. The van der Waals surface area contributed by atoms with Crippen LogP contribution in [0.3, 0.4) is 0 Å². The average Bonchev–Trinajstić information content (AvgIpc) is 2.76. The van der Waals surface area contributed by atoms with Gasteiger partial charge < -0.3 is 4.98 Å². The van der Waals surface area contributed by atoms with Crippen LogP contribution < -0.4 is 0 Å². The fraction of sp³-hybridized carbons (Fsp3) is 0.100. The van der Waals surface area contributed by atoms with Crippen molar-refractivity contribution in [2.45, 2.75) is 6.42 Å².